The molecule has 2 heterocycles. The summed E-state index contributed by atoms with van der Waals surface area (Å²) < 4.78 is 0. The highest BCUT2D eigenvalue weighted by Gasteiger charge is 2.58. The Morgan fingerprint density at radius 1 is 0.703 bits per heavy atom. The molecule has 5 nitrogen and oxygen atoms in total. The molecule has 0 saturated carbocycles. The number of anilines is 1. The van der Waals surface area contributed by atoms with Gasteiger partial charge in [0.25, 0.3) is 0 Å². The van der Waals surface area contributed by atoms with Crippen LogP contribution in [0.3, 0.4) is 0 Å². The number of aryl methyl sites for hydroxylation is 1. The minimum absolute atomic E-state index is 0.0729. The number of Topliss-reactive ketones (excluding diaryl/α,β-unsaturated/α-hetero) is 2. The van der Waals surface area contributed by atoms with E-state index in [9.17, 15) is 9.59 Å². The van der Waals surface area contributed by atoms with E-state index < -0.39 is 5.54 Å². The second-order valence-electron chi connectivity index (χ2n) is 10.7. The maximum Gasteiger partial charge on any atom is 0.196 e. The van der Waals surface area contributed by atoms with E-state index in [0.717, 1.165) is 44.0 Å². The van der Waals surface area contributed by atoms with Crippen LogP contribution in [0.4, 0.5) is 5.69 Å². The van der Waals surface area contributed by atoms with Crippen molar-refractivity contribution >= 4 is 17.3 Å². The van der Waals surface area contributed by atoms with Gasteiger partial charge in [0.15, 0.2) is 17.1 Å². The molecular weight excluding hydrogens is 458 g/mol. The van der Waals surface area contributed by atoms with Gasteiger partial charge in [-0.1, -0.05) is 60.7 Å². The Kier molecular flexibility index (Phi) is 6.43. The van der Waals surface area contributed by atoms with Gasteiger partial charge in [-0.15, -0.1) is 0 Å². The number of piperazine rings is 1. The molecule has 3 aromatic carbocycles. The highest BCUT2D eigenvalue weighted by atomic mass is 16.2. The topological polar surface area (TPSA) is 43.9 Å². The summed E-state index contributed by atoms with van der Waals surface area (Å²) in [6, 6.07) is 24.2. The molecule has 0 unspecified atom stereocenters. The fourth-order valence-corrected chi connectivity index (χ4v) is 6.45. The number of nitrogens with zero attached hydrogens (tertiary/aromatic N) is 3. The third-order valence-corrected chi connectivity index (χ3v) is 8.56. The van der Waals surface area contributed by atoms with E-state index >= 15 is 0 Å². The highest BCUT2D eigenvalue weighted by molar-refractivity contribution is 6.32. The van der Waals surface area contributed by atoms with Crippen LogP contribution in [-0.2, 0) is 12.1 Å². The van der Waals surface area contributed by atoms with Crippen molar-refractivity contribution in [1.29, 1.82) is 0 Å². The maximum absolute atomic E-state index is 14.2. The first-order valence-corrected chi connectivity index (χ1v) is 13.6. The van der Waals surface area contributed by atoms with Gasteiger partial charge in [0.2, 0.25) is 0 Å². The summed E-state index contributed by atoms with van der Waals surface area (Å²) in [6.07, 6.45) is 3.63. The molecule has 0 spiro atoms. The van der Waals surface area contributed by atoms with Crippen molar-refractivity contribution in [1.82, 2.24) is 9.80 Å². The molecule has 190 valence electrons. The first-order chi connectivity index (χ1) is 18.1. The van der Waals surface area contributed by atoms with Gasteiger partial charge < -0.3 is 4.90 Å². The van der Waals surface area contributed by atoms with Gasteiger partial charge in [0, 0.05) is 62.6 Å². The van der Waals surface area contributed by atoms with Gasteiger partial charge in [0.1, 0.15) is 0 Å². The smallest absolute Gasteiger partial charge is 0.196 e. The van der Waals surface area contributed by atoms with Crippen LogP contribution in [-0.4, -0.2) is 60.6 Å². The number of benzene rings is 3. The highest BCUT2D eigenvalue weighted by Crippen LogP contribution is 2.44. The molecule has 0 N–H and O–H groups in total. The Morgan fingerprint density at radius 2 is 1.35 bits per heavy atom. The monoisotopic (exact) mass is 493 g/mol. The van der Waals surface area contributed by atoms with Gasteiger partial charge in [-0.2, -0.15) is 0 Å². The number of rotatable bonds is 5. The molecule has 0 amide bonds. The zero-order valence-corrected chi connectivity index (χ0v) is 21.7. The second kappa shape index (κ2) is 9.88. The summed E-state index contributed by atoms with van der Waals surface area (Å²) in [5.41, 5.74) is 4.38. The number of carbonyl (C=O) groups is 2. The van der Waals surface area contributed by atoms with E-state index in [-0.39, 0.29) is 11.6 Å². The summed E-state index contributed by atoms with van der Waals surface area (Å²) in [7, 11) is 0. The number of carbonyl (C=O) groups excluding carboxylic acids is 2. The average molecular weight is 494 g/mol. The Labute approximate surface area is 219 Å². The van der Waals surface area contributed by atoms with Crippen LogP contribution in [0.15, 0.2) is 72.8 Å². The van der Waals surface area contributed by atoms with Crippen molar-refractivity contribution in [3.8, 4) is 0 Å². The SMILES string of the molecule is Cc1ccccc1CN1CCN(C2(c3cccc(N4CCCCC4)c3)C(=O)c3ccccc3C2=O)CC1. The lowest BCUT2D eigenvalue weighted by atomic mass is 9.82. The van der Waals surface area contributed by atoms with Crippen LogP contribution in [0.5, 0.6) is 0 Å². The van der Waals surface area contributed by atoms with Crippen molar-refractivity contribution in [2.24, 2.45) is 0 Å². The molecule has 0 radical (unpaired) electrons. The molecular formula is C32H35N3O2. The Bertz CT molecular complexity index is 1280. The van der Waals surface area contributed by atoms with Crippen LogP contribution in [0.1, 0.15) is 56.7 Å². The summed E-state index contributed by atoms with van der Waals surface area (Å²) >= 11 is 0. The van der Waals surface area contributed by atoms with Crippen LogP contribution < -0.4 is 4.90 Å². The minimum Gasteiger partial charge on any atom is -0.372 e. The summed E-state index contributed by atoms with van der Waals surface area (Å²) in [4.78, 5) is 35.5. The van der Waals surface area contributed by atoms with Crippen molar-refractivity contribution in [2.75, 3.05) is 44.2 Å². The summed E-state index contributed by atoms with van der Waals surface area (Å²) in [5.74, 6) is -0.146. The molecule has 2 fully saturated rings. The van der Waals surface area contributed by atoms with Gasteiger partial charge in [-0.3, -0.25) is 19.4 Å². The Hall–Kier alpha value is -3.28. The van der Waals surface area contributed by atoms with Gasteiger partial charge in [-0.05, 0) is 55.0 Å². The first kappa shape index (κ1) is 24.1. The van der Waals surface area contributed by atoms with Crippen molar-refractivity contribution in [2.45, 2.75) is 38.3 Å². The first-order valence-electron chi connectivity index (χ1n) is 13.6. The molecule has 0 aromatic heterocycles. The van der Waals surface area contributed by atoms with Crippen LogP contribution in [0.2, 0.25) is 0 Å². The summed E-state index contributed by atoms with van der Waals surface area (Å²) in [6.45, 7) is 8.07. The van der Waals surface area contributed by atoms with Crippen molar-refractivity contribution < 1.29 is 9.59 Å². The predicted octanol–water partition coefficient (Wildman–Crippen LogP) is 5.08. The third-order valence-electron chi connectivity index (χ3n) is 8.56. The number of ketones is 2. The van der Waals surface area contributed by atoms with E-state index in [2.05, 4.69) is 58.0 Å². The lowest BCUT2D eigenvalue weighted by Gasteiger charge is -2.44. The molecule has 3 aromatic rings. The number of fused-ring (bicyclic) bond motifs is 1. The van der Waals surface area contributed by atoms with E-state index in [4.69, 9.17) is 0 Å². The number of piperidine rings is 1. The minimum atomic E-state index is -1.29. The Balaban J connectivity index is 1.34. The fourth-order valence-electron chi connectivity index (χ4n) is 6.45. The molecule has 3 aliphatic rings. The predicted molar refractivity (Wildman–Crippen MR) is 147 cm³/mol. The van der Waals surface area contributed by atoms with Crippen LogP contribution in [0, 0.1) is 6.92 Å². The van der Waals surface area contributed by atoms with Crippen LogP contribution >= 0.6 is 0 Å². The van der Waals surface area contributed by atoms with Crippen molar-refractivity contribution in [3.63, 3.8) is 0 Å². The van der Waals surface area contributed by atoms with Gasteiger partial charge >= 0.3 is 0 Å². The molecule has 1 aliphatic carbocycles. The quantitative estimate of drug-likeness (QED) is 0.464. The van der Waals surface area contributed by atoms with Gasteiger partial charge in [0.05, 0.1) is 0 Å². The maximum atomic E-state index is 14.2. The summed E-state index contributed by atoms with van der Waals surface area (Å²) in [5, 5.41) is 0. The molecule has 5 heteroatoms. The van der Waals surface area contributed by atoms with E-state index in [1.54, 1.807) is 0 Å². The number of hydrogen-bond acceptors (Lipinski definition) is 5. The lowest BCUT2D eigenvalue weighted by molar-refractivity contribution is 0.0279. The molecule has 2 saturated heterocycles. The molecule has 0 atom stereocenters. The standard InChI is InChI=1S/C32H35N3O2/c1-24-10-3-4-11-25(24)23-33-18-20-35(21-19-33)32(30(36)28-14-5-6-15-29(28)31(32)37)26-12-9-13-27(22-26)34-16-7-2-8-17-34/h3-6,9-15,22H,2,7-8,16-21,23H2,1H3. The molecule has 6 rings (SSSR count). The zero-order valence-electron chi connectivity index (χ0n) is 21.7. The van der Waals surface area contributed by atoms with Crippen LogP contribution in [0.25, 0.3) is 0 Å². The second-order valence-corrected chi connectivity index (χ2v) is 10.7. The lowest BCUT2D eigenvalue weighted by Crippen LogP contribution is -2.60. The van der Waals surface area contributed by atoms with E-state index in [1.165, 1.54) is 30.4 Å². The zero-order chi connectivity index (χ0) is 25.4. The Morgan fingerprint density at radius 3 is 2.03 bits per heavy atom. The number of hydrogen-bond donors (Lipinski definition) is 0. The van der Waals surface area contributed by atoms with E-state index in [1.807, 2.05) is 36.4 Å². The largest absolute Gasteiger partial charge is 0.372 e. The fraction of sp³-hybridized carbons (Fsp3) is 0.375. The normalized spacial score (nSPS) is 20.3. The molecule has 2 aliphatic heterocycles. The molecule has 0 bridgehead atoms. The van der Waals surface area contributed by atoms with Gasteiger partial charge in [-0.25, -0.2) is 0 Å². The average Bonchev–Trinajstić information content (AvgIpc) is 3.18. The molecule has 37 heavy (non-hydrogen) atoms. The van der Waals surface area contributed by atoms with Crippen molar-refractivity contribution in [3.05, 3.63) is 101 Å². The third kappa shape index (κ3) is 4.11. The van der Waals surface area contributed by atoms with E-state index in [0.29, 0.717) is 24.2 Å².